The number of hydrogen-bond donors (Lipinski definition) is 3. The summed E-state index contributed by atoms with van der Waals surface area (Å²) in [6, 6.07) is 8.10. The molecule has 0 saturated carbocycles. The third kappa shape index (κ3) is 2.53. The lowest BCUT2D eigenvalue weighted by Crippen LogP contribution is -2.01. The molecule has 0 amide bonds. The first-order chi connectivity index (χ1) is 11.2. The van der Waals surface area contributed by atoms with Crippen molar-refractivity contribution in [3.63, 3.8) is 0 Å². The van der Waals surface area contributed by atoms with Gasteiger partial charge in [0.05, 0.1) is 6.61 Å². The molecule has 0 aliphatic heterocycles. The monoisotopic (exact) mass is 306 g/mol. The van der Waals surface area contributed by atoms with E-state index in [-0.39, 0.29) is 12.5 Å². The van der Waals surface area contributed by atoms with Crippen molar-refractivity contribution < 1.29 is 5.11 Å². The second kappa shape index (κ2) is 6.31. The van der Waals surface area contributed by atoms with Gasteiger partial charge in [-0.05, 0) is 24.6 Å². The van der Waals surface area contributed by atoms with Crippen LogP contribution in [0.3, 0.4) is 0 Å². The third-order valence-corrected chi connectivity index (χ3v) is 4.43. The lowest BCUT2D eigenvalue weighted by molar-refractivity contribution is 0.282. The number of H-pyrrole nitrogens is 2. The van der Waals surface area contributed by atoms with Crippen molar-refractivity contribution in [1.82, 2.24) is 9.97 Å². The first-order valence-corrected chi connectivity index (χ1v) is 7.88. The maximum absolute atomic E-state index is 9.87. The standard InChI is InChI=1S/C20H22N2O/c1-4-8-14-16(11-21-18(14)5-2)13(3)20-17(12-23)15-9-6-7-10-19(15)22-20/h4-11,13,21-23H,2,12H2,1,3H3/b8-4-. The molecule has 1 atom stereocenters. The molecule has 2 aromatic heterocycles. The highest BCUT2D eigenvalue weighted by Crippen LogP contribution is 2.34. The molecule has 3 rings (SSSR count). The molecule has 3 N–H and O–H groups in total. The van der Waals surface area contributed by atoms with Gasteiger partial charge >= 0.3 is 0 Å². The predicted octanol–water partition coefficient (Wildman–Crippen LogP) is 4.82. The van der Waals surface area contributed by atoms with Gasteiger partial charge in [-0.3, -0.25) is 0 Å². The number of aliphatic hydroxyl groups excluding tert-OH is 1. The number of allylic oxidation sites excluding steroid dienone is 1. The van der Waals surface area contributed by atoms with Gasteiger partial charge in [0.25, 0.3) is 0 Å². The summed E-state index contributed by atoms with van der Waals surface area (Å²) in [7, 11) is 0. The number of rotatable bonds is 5. The maximum Gasteiger partial charge on any atom is 0.0705 e. The van der Waals surface area contributed by atoms with E-state index in [1.54, 1.807) is 0 Å². The lowest BCUT2D eigenvalue weighted by Gasteiger charge is -2.13. The van der Waals surface area contributed by atoms with Gasteiger partial charge in [-0.25, -0.2) is 0 Å². The normalized spacial score (nSPS) is 13.0. The largest absolute Gasteiger partial charge is 0.392 e. The fourth-order valence-corrected chi connectivity index (χ4v) is 3.26. The number of aromatic amines is 2. The Kier molecular flexibility index (Phi) is 4.22. The average molecular weight is 306 g/mol. The molecule has 0 bridgehead atoms. The topological polar surface area (TPSA) is 51.8 Å². The molecular formula is C20H22N2O. The quantitative estimate of drug-likeness (QED) is 0.622. The molecule has 0 spiro atoms. The molecule has 3 heteroatoms. The zero-order chi connectivity index (χ0) is 16.4. The van der Waals surface area contributed by atoms with Crippen molar-refractivity contribution in [2.45, 2.75) is 26.4 Å². The van der Waals surface area contributed by atoms with Crippen LogP contribution in [-0.2, 0) is 6.61 Å². The first-order valence-electron chi connectivity index (χ1n) is 7.88. The van der Waals surface area contributed by atoms with Crippen molar-refractivity contribution in [2.75, 3.05) is 0 Å². The van der Waals surface area contributed by atoms with Gasteiger partial charge in [0.1, 0.15) is 0 Å². The Hall–Kier alpha value is -2.52. The summed E-state index contributed by atoms with van der Waals surface area (Å²) in [5.74, 6) is 0.140. The van der Waals surface area contributed by atoms with Crippen molar-refractivity contribution in [3.8, 4) is 0 Å². The van der Waals surface area contributed by atoms with Crippen molar-refractivity contribution in [2.24, 2.45) is 0 Å². The maximum atomic E-state index is 9.87. The van der Waals surface area contributed by atoms with Gasteiger partial charge in [-0.1, -0.05) is 43.9 Å². The van der Waals surface area contributed by atoms with Crippen LogP contribution in [0.5, 0.6) is 0 Å². The SMILES string of the molecule is C=Cc1[nH]cc(C(C)c2[nH]c3ccccc3c2CO)c1/C=C\C. The number of para-hydroxylation sites is 1. The average Bonchev–Trinajstić information content (AvgIpc) is 3.15. The third-order valence-electron chi connectivity index (χ3n) is 4.43. The highest BCUT2D eigenvalue weighted by atomic mass is 16.3. The van der Waals surface area contributed by atoms with E-state index >= 15 is 0 Å². The van der Waals surface area contributed by atoms with Crippen LogP contribution in [-0.4, -0.2) is 15.1 Å². The zero-order valence-corrected chi connectivity index (χ0v) is 13.6. The summed E-state index contributed by atoms with van der Waals surface area (Å²) in [5.41, 5.74) is 6.46. The summed E-state index contributed by atoms with van der Waals surface area (Å²) in [6.45, 7) is 8.07. The van der Waals surface area contributed by atoms with Crippen molar-refractivity contribution >= 4 is 23.1 Å². The molecular weight excluding hydrogens is 284 g/mol. The minimum absolute atomic E-state index is 0.0291. The number of benzene rings is 1. The van der Waals surface area contributed by atoms with Crippen LogP contribution < -0.4 is 0 Å². The molecule has 0 radical (unpaired) electrons. The highest BCUT2D eigenvalue weighted by Gasteiger charge is 2.21. The lowest BCUT2D eigenvalue weighted by atomic mass is 9.92. The number of hydrogen-bond acceptors (Lipinski definition) is 1. The van der Waals surface area contributed by atoms with Crippen LogP contribution >= 0.6 is 0 Å². The first kappa shape index (κ1) is 15.4. The minimum atomic E-state index is 0.0291. The number of fused-ring (bicyclic) bond motifs is 1. The molecule has 0 fully saturated rings. The van der Waals surface area contributed by atoms with E-state index in [0.29, 0.717) is 0 Å². The van der Waals surface area contributed by atoms with Gasteiger partial charge in [0, 0.05) is 45.5 Å². The fourth-order valence-electron chi connectivity index (χ4n) is 3.26. The van der Waals surface area contributed by atoms with Gasteiger partial charge in [0.15, 0.2) is 0 Å². The molecule has 0 aliphatic carbocycles. The summed E-state index contributed by atoms with van der Waals surface area (Å²) in [4.78, 5) is 6.77. The zero-order valence-electron chi connectivity index (χ0n) is 13.6. The molecule has 2 heterocycles. The van der Waals surface area contributed by atoms with Gasteiger partial charge in [-0.15, -0.1) is 0 Å². The molecule has 1 unspecified atom stereocenters. The summed E-state index contributed by atoms with van der Waals surface area (Å²) in [6.07, 6.45) is 8.00. The smallest absolute Gasteiger partial charge is 0.0705 e. The van der Waals surface area contributed by atoms with Crippen LogP contribution in [0.4, 0.5) is 0 Å². The van der Waals surface area contributed by atoms with E-state index in [1.165, 1.54) is 5.56 Å². The van der Waals surface area contributed by atoms with E-state index in [1.807, 2.05) is 49.5 Å². The molecule has 23 heavy (non-hydrogen) atoms. The summed E-state index contributed by atoms with van der Waals surface area (Å²) < 4.78 is 0. The second-order valence-corrected chi connectivity index (χ2v) is 5.72. The molecule has 3 nitrogen and oxygen atoms in total. The Morgan fingerprint density at radius 3 is 2.78 bits per heavy atom. The van der Waals surface area contributed by atoms with Crippen molar-refractivity contribution in [1.29, 1.82) is 0 Å². The van der Waals surface area contributed by atoms with Crippen LogP contribution in [0.15, 0.2) is 43.1 Å². The van der Waals surface area contributed by atoms with E-state index in [4.69, 9.17) is 0 Å². The van der Waals surface area contributed by atoms with Crippen LogP contribution in [0.1, 0.15) is 47.8 Å². The number of aromatic nitrogens is 2. The van der Waals surface area contributed by atoms with Crippen LogP contribution in [0, 0.1) is 0 Å². The molecule has 1 aromatic carbocycles. The second-order valence-electron chi connectivity index (χ2n) is 5.72. The fraction of sp³-hybridized carbons (Fsp3) is 0.200. The summed E-state index contributed by atoms with van der Waals surface area (Å²) >= 11 is 0. The Morgan fingerprint density at radius 1 is 1.30 bits per heavy atom. The molecule has 3 aromatic rings. The number of aliphatic hydroxyl groups is 1. The highest BCUT2D eigenvalue weighted by molar-refractivity contribution is 5.85. The van der Waals surface area contributed by atoms with E-state index in [9.17, 15) is 5.11 Å². The van der Waals surface area contributed by atoms with E-state index in [0.717, 1.165) is 33.4 Å². The predicted molar refractivity (Wildman–Crippen MR) is 97.3 cm³/mol. The Balaban J connectivity index is 2.16. The molecule has 0 aliphatic rings. The van der Waals surface area contributed by atoms with Gasteiger partial charge < -0.3 is 15.1 Å². The minimum Gasteiger partial charge on any atom is -0.392 e. The van der Waals surface area contributed by atoms with Gasteiger partial charge in [0.2, 0.25) is 0 Å². The number of nitrogens with one attached hydrogen (secondary N) is 2. The van der Waals surface area contributed by atoms with Crippen LogP contribution in [0.2, 0.25) is 0 Å². The van der Waals surface area contributed by atoms with Crippen LogP contribution in [0.25, 0.3) is 23.1 Å². The Morgan fingerprint density at radius 2 is 2.09 bits per heavy atom. The summed E-state index contributed by atoms with van der Waals surface area (Å²) in [5, 5.41) is 11.0. The molecule has 0 saturated heterocycles. The molecule has 118 valence electrons. The van der Waals surface area contributed by atoms with Crippen molar-refractivity contribution in [3.05, 3.63) is 71.2 Å². The van der Waals surface area contributed by atoms with Gasteiger partial charge in [-0.2, -0.15) is 0 Å². The Labute approximate surface area is 136 Å². The van der Waals surface area contributed by atoms with E-state index < -0.39 is 0 Å². The Bertz CT molecular complexity index is 867. The van der Waals surface area contributed by atoms with E-state index in [2.05, 4.69) is 29.5 Å².